The van der Waals surface area contributed by atoms with Crippen molar-refractivity contribution in [3.05, 3.63) is 28.8 Å². The van der Waals surface area contributed by atoms with Crippen molar-refractivity contribution in [2.24, 2.45) is 5.41 Å². The Hall–Kier alpha value is -2.72. The predicted octanol–water partition coefficient (Wildman–Crippen LogP) is 2.78. The van der Waals surface area contributed by atoms with Crippen LogP contribution in [0.15, 0.2) is 18.2 Å². The lowest BCUT2D eigenvalue weighted by Crippen LogP contribution is -2.45. The second kappa shape index (κ2) is 10.0. The maximum Gasteiger partial charge on any atom is 0.312 e. The molecule has 0 aliphatic carbocycles. The van der Waals surface area contributed by atoms with Gasteiger partial charge in [0.15, 0.2) is 5.69 Å². The third-order valence-electron chi connectivity index (χ3n) is 6.80. The Bertz CT molecular complexity index is 989. The number of carboxylic acid groups (broad SMARTS) is 1. The number of H-pyrrole nitrogens is 1. The molecule has 3 saturated heterocycles. The van der Waals surface area contributed by atoms with Crippen LogP contribution >= 0.6 is 11.3 Å². The van der Waals surface area contributed by atoms with Crippen LogP contribution in [-0.2, 0) is 14.3 Å². The first-order valence-electron chi connectivity index (χ1n) is 11.4. The fourth-order valence-electron chi connectivity index (χ4n) is 5.04. The van der Waals surface area contributed by atoms with Crippen molar-refractivity contribution in [3.63, 3.8) is 0 Å². The summed E-state index contributed by atoms with van der Waals surface area (Å²) in [4.78, 5) is 40.5. The van der Waals surface area contributed by atoms with Crippen LogP contribution in [0, 0.1) is 12.3 Å². The highest BCUT2D eigenvalue weighted by Gasteiger charge is 2.51. The smallest absolute Gasteiger partial charge is 0.312 e. The molecule has 178 valence electrons. The van der Waals surface area contributed by atoms with Crippen LogP contribution in [0.1, 0.15) is 47.5 Å². The van der Waals surface area contributed by atoms with E-state index in [2.05, 4.69) is 28.1 Å². The highest BCUT2D eigenvalue weighted by Crippen LogP contribution is 2.43. The Morgan fingerprint density at radius 3 is 2.64 bits per heavy atom. The average Bonchev–Trinajstić information content (AvgIpc) is 3.59. The first kappa shape index (κ1) is 23.4. The highest BCUT2D eigenvalue weighted by molar-refractivity contribution is 7.15. The molecule has 5 heterocycles. The minimum absolute atomic E-state index is 0.000928. The number of carbonyl (C=O) groups excluding carboxylic acids is 2. The van der Waals surface area contributed by atoms with Gasteiger partial charge in [0.2, 0.25) is 0 Å². The molecule has 5 rings (SSSR count). The van der Waals surface area contributed by atoms with E-state index in [9.17, 15) is 9.59 Å². The molecule has 3 fully saturated rings. The molecule has 1 spiro atoms. The average molecular weight is 475 g/mol. The van der Waals surface area contributed by atoms with Gasteiger partial charge in [0.25, 0.3) is 12.4 Å². The molecule has 2 aromatic heterocycles. The van der Waals surface area contributed by atoms with Crippen LogP contribution in [0.3, 0.4) is 0 Å². The normalized spacial score (nSPS) is 22.2. The Balaban J connectivity index is 0.000000821. The Labute approximate surface area is 196 Å². The fourth-order valence-corrected chi connectivity index (χ4v) is 5.87. The van der Waals surface area contributed by atoms with Crippen LogP contribution in [0.25, 0.3) is 10.6 Å². The summed E-state index contributed by atoms with van der Waals surface area (Å²) in [5, 5.41) is 14.1. The van der Waals surface area contributed by atoms with Gasteiger partial charge in [0, 0.05) is 30.9 Å². The number of piperidine rings is 1. The van der Waals surface area contributed by atoms with Crippen molar-refractivity contribution >= 4 is 29.7 Å². The molecule has 9 nitrogen and oxygen atoms in total. The first-order valence-corrected chi connectivity index (χ1v) is 12.2. The van der Waals surface area contributed by atoms with Gasteiger partial charge in [-0.2, -0.15) is 5.10 Å². The monoisotopic (exact) mass is 474 g/mol. The Kier molecular flexibility index (Phi) is 7.14. The molecule has 1 amide bonds. The zero-order valence-corrected chi connectivity index (χ0v) is 19.6. The van der Waals surface area contributed by atoms with E-state index < -0.39 is 5.41 Å². The zero-order chi connectivity index (χ0) is 23.4. The maximum absolute atomic E-state index is 13.0. The van der Waals surface area contributed by atoms with Gasteiger partial charge < -0.3 is 14.7 Å². The van der Waals surface area contributed by atoms with E-state index in [1.54, 1.807) is 11.3 Å². The third kappa shape index (κ3) is 5.11. The standard InChI is InChI=1S/C22H28N4O3S.CH2O2/c1-15-4-5-19(30-15)17-12-18(24-23-17)20(27)26-10-6-22(7-11-26)13-16(29-21(22)28)14-25-8-2-3-9-25;2-1-3/h4-5,12,16H,2-3,6-11,13-14H2,1H3,(H,23,24);1H,(H,2,3). The molecule has 1 atom stereocenters. The predicted molar refractivity (Wildman–Crippen MR) is 123 cm³/mol. The number of aromatic nitrogens is 2. The molecule has 3 aliphatic heterocycles. The van der Waals surface area contributed by atoms with Gasteiger partial charge in [-0.25, -0.2) is 0 Å². The van der Waals surface area contributed by atoms with E-state index in [1.807, 2.05) is 17.0 Å². The van der Waals surface area contributed by atoms with E-state index >= 15 is 0 Å². The van der Waals surface area contributed by atoms with Crippen LogP contribution in [0.5, 0.6) is 0 Å². The summed E-state index contributed by atoms with van der Waals surface area (Å²) in [5.74, 6) is -0.130. The molecule has 1 unspecified atom stereocenters. The fraction of sp³-hybridized carbons (Fsp3) is 0.565. The SMILES string of the molecule is Cc1ccc(-c2cc(C(=O)N3CCC4(CC3)CC(CN3CCCC3)OC4=O)n[nH]2)s1.O=CO. The van der Waals surface area contributed by atoms with Gasteiger partial charge in [-0.05, 0) is 63.9 Å². The van der Waals surface area contributed by atoms with Crippen molar-refractivity contribution in [2.75, 3.05) is 32.7 Å². The van der Waals surface area contributed by atoms with Crippen molar-refractivity contribution in [3.8, 4) is 10.6 Å². The van der Waals surface area contributed by atoms with Crippen molar-refractivity contribution < 1.29 is 24.2 Å². The topological polar surface area (TPSA) is 116 Å². The minimum atomic E-state index is -0.410. The number of ether oxygens (including phenoxy) is 1. The summed E-state index contributed by atoms with van der Waals surface area (Å²) >= 11 is 1.67. The molecular formula is C23H30N4O5S. The van der Waals surface area contributed by atoms with Gasteiger partial charge >= 0.3 is 5.97 Å². The van der Waals surface area contributed by atoms with Gasteiger partial charge in [0.1, 0.15) is 6.10 Å². The number of aryl methyl sites for hydroxylation is 1. The number of hydrogen-bond donors (Lipinski definition) is 2. The van der Waals surface area contributed by atoms with E-state index in [0.29, 0.717) is 31.6 Å². The largest absolute Gasteiger partial charge is 0.483 e. The van der Waals surface area contributed by atoms with Gasteiger partial charge in [-0.3, -0.25) is 24.4 Å². The molecule has 0 aromatic carbocycles. The number of likely N-dealkylation sites (tertiary alicyclic amines) is 2. The lowest BCUT2D eigenvalue weighted by atomic mass is 9.76. The Morgan fingerprint density at radius 1 is 1.30 bits per heavy atom. The maximum atomic E-state index is 13.0. The number of nitrogens with zero attached hydrogens (tertiary/aromatic N) is 3. The summed E-state index contributed by atoms with van der Waals surface area (Å²) in [7, 11) is 0. The lowest BCUT2D eigenvalue weighted by Gasteiger charge is -2.36. The van der Waals surface area contributed by atoms with Crippen LogP contribution < -0.4 is 0 Å². The van der Waals surface area contributed by atoms with Gasteiger partial charge in [-0.15, -0.1) is 11.3 Å². The lowest BCUT2D eigenvalue weighted by molar-refractivity contribution is -0.151. The molecule has 0 saturated carbocycles. The molecular weight excluding hydrogens is 444 g/mol. The van der Waals surface area contributed by atoms with Crippen molar-refractivity contribution in [2.45, 2.75) is 45.1 Å². The quantitative estimate of drug-likeness (QED) is 0.517. The summed E-state index contributed by atoms with van der Waals surface area (Å²) in [6, 6.07) is 5.93. The summed E-state index contributed by atoms with van der Waals surface area (Å²) in [6.07, 6.45) is 4.62. The number of cyclic esters (lactones) is 1. The number of carbonyl (C=O) groups is 3. The zero-order valence-electron chi connectivity index (χ0n) is 18.8. The van der Waals surface area contributed by atoms with E-state index in [4.69, 9.17) is 14.6 Å². The number of aromatic amines is 1. The number of esters is 1. The summed E-state index contributed by atoms with van der Waals surface area (Å²) in [5.41, 5.74) is 0.897. The number of rotatable bonds is 4. The van der Waals surface area contributed by atoms with Crippen molar-refractivity contribution in [1.82, 2.24) is 20.0 Å². The molecule has 0 radical (unpaired) electrons. The first-order chi connectivity index (χ1) is 15.9. The second-order valence-corrected chi connectivity index (χ2v) is 10.3. The van der Waals surface area contributed by atoms with E-state index in [-0.39, 0.29) is 24.5 Å². The summed E-state index contributed by atoms with van der Waals surface area (Å²) in [6.45, 7) is 6.04. The van der Waals surface area contributed by atoms with Gasteiger partial charge in [0.05, 0.1) is 16.0 Å². The third-order valence-corrected chi connectivity index (χ3v) is 7.83. The van der Waals surface area contributed by atoms with E-state index in [1.165, 1.54) is 17.7 Å². The second-order valence-electron chi connectivity index (χ2n) is 8.99. The Morgan fingerprint density at radius 2 is 2.00 bits per heavy atom. The van der Waals surface area contributed by atoms with Gasteiger partial charge in [-0.1, -0.05) is 0 Å². The number of hydrogen-bond acceptors (Lipinski definition) is 7. The molecule has 0 bridgehead atoms. The van der Waals surface area contributed by atoms with Crippen LogP contribution in [0.2, 0.25) is 0 Å². The minimum Gasteiger partial charge on any atom is -0.483 e. The summed E-state index contributed by atoms with van der Waals surface area (Å²) < 4.78 is 5.75. The van der Waals surface area contributed by atoms with Crippen LogP contribution in [-0.4, -0.2) is 82.3 Å². The molecule has 3 aliphatic rings. The molecule has 2 aromatic rings. The number of thiophene rings is 1. The molecule has 2 N–H and O–H groups in total. The molecule has 33 heavy (non-hydrogen) atoms. The highest BCUT2D eigenvalue weighted by atomic mass is 32.1. The molecule has 10 heteroatoms. The van der Waals surface area contributed by atoms with Crippen LogP contribution in [0.4, 0.5) is 0 Å². The van der Waals surface area contributed by atoms with E-state index in [0.717, 1.165) is 36.6 Å². The number of nitrogens with one attached hydrogen (secondary N) is 1. The van der Waals surface area contributed by atoms with Crippen molar-refractivity contribution in [1.29, 1.82) is 0 Å². The number of amides is 1.